The van der Waals surface area contributed by atoms with Gasteiger partial charge in [-0.1, -0.05) is 18.2 Å². The van der Waals surface area contributed by atoms with Crippen molar-refractivity contribution in [2.24, 2.45) is 0 Å². The lowest BCUT2D eigenvalue weighted by molar-refractivity contribution is 0.353. The Kier molecular flexibility index (Phi) is 5.80. The number of pyridine rings is 2. The number of nitrogens with one attached hydrogen (secondary N) is 1. The minimum absolute atomic E-state index is 0.170. The monoisotopic (exact) mass is 476 g/mol. The minimum Gasteiger partial charge on any atom is -0.493 e. The molecule has 0 atom stereocenters. The Hall–Kier alpha value is -3.69. The first-order valence-electron chi connectivity index (χ1n) is 10.8. The van der Waals surface area contributed by atoms with Gasteiger partial charge in [-0.15, -0.1) is 0 Å². The van der Waals surface area contributed by atoms with Gasteiger partial charge in [0.1, 0.15) is 5.82 Å². The summed E-state index contributed by atoms with van der Waals surface area (Å²) < 4.78 is 38.7. The Morgan fingerprint density at radius 2 is 1.79 bits per heavy atom. The van der Waals surface area contributed by atoms with Crippen molar-refractivity contribution in [3.8, 4) is 11.5 Å². The fourth-order valence-corrected chi connectivity index (χ4v) is 5.61. The van der Waals surface area contributed by atoms with Crippen molar-refractivity contribution in [1.29, 1.82) is 0 Å². The molecule has 174 valence electrons. The van der Waals surface area contributed by atoms with E-state index in [0.29, 0.717) is 24.5 Å². The van der Waals surface area contributed by atoms with Gasteiger partial charge in [0.15, 0.2) is 11.5 Å². The Morgan fingerprint density at radius 1 is 0.971 bits per heavy atom. The number of sulfonamides is 1. The van der Waals surface area contributed by atoms with Crippen molar-refractivity contribution < 1.29 is 17.9 Å². The Bertz CT molecular complexity index is 1470. The van der Waals surface area contributed by atoms with Gasteiger partial charge in [0.2, 0.25) is 10.0 Å². The van der Waals surface area contributed by atoms with Gasteiger partial charge in [0.05, 0.1) is 36.5 Å². The van der Waals surface area contributed by atoms with Crippen LogP contribution in [-0.4, -0.2) is 43.5 Å². The molecule has 8 nitrogen and oxygen atoms in total. The molecule has 2 aromatic heterocycles. The second-order valence-corrected chi connectivity index (χ2v) is 9.88. The zero-order chi connectivity index (χ0) is 23.7. The van der Waals surface area contributed by atoms with E-state index < -0.39 is 10.0 Å². The van der Waals surface area contributed by atoms with Crippen LogP contribution in [0.2, 0.25) is 0 Å². The summed E-state index contributed by atoms with van der Waals surface area (Å²) in [4.78, 5) is 9.18. The molecule has 0 radical (unpaired) electrons. The number of fused-ring (bicyclic) bond motifs is 2. The van der Waals surface area contributed by atoms with E-state index in [1.54, 1.807) is 24.5 Å². The maximum absolute atomic E-state index is 13.4. The molecule has 0 bridgehead atoms. The van der Waals surface area contributed by atoms with Gasteiger partial charge in [0.25, 0.3) is 0 Å². The molecule has 1 aliphatic heterocycles. The molecule has 2 aromatic carbocycles. The van der Waals surface area contributed by atoms with Gasteiger partial charge in [-0.2, -0.15) is 4.31 Å². The second kappa shape index (κ2) is 8.92. The summed E-state index contributed by atoms with van der Waals surface area (Å²) in [5, 5.41) is 4.40. The molecule has 0 aliphatic carbocycles. The van der Waals surface area contributed by atoms with Crippen LogP contribution in [0.4, 0.5) is 11.5 Å². The predicted molar refractivity (Wildman–Crippen MR) is 130 cm³/mol. The normalized spacial score (nSPS) is 13.9. The molecule has 0 spiro atoms. The summed E-state index contributed by atoms with van der Waals surface area (Å²) in [7, 11) is -0.712. The number of para-hydroxylation sites is 1. The van der Waals surface area contributed by atoms with E-state index in [-0.39, 0.29) is 11.4 Å². The van der Waals surface area contributed by atoms with E-state index in [0.717, 1.165) is 33.5 Å². The van der Waals surface area contributed by atoms with Crippen LogP contribution in [0.3, 0.4) is 0 Å². The van der Waals surface area contributed by atoms with Crippen LogP contribution in [0.15, 0.2) is 71.9 Å². The van der Waals surface area contributed by atoms with Crippen LogP contribution in [0.1, 0.15) is 11.1 Å². The average Bonchev–Trinajstić information content (AvgIpc) is 2.88. The highest BCUT2D eigenvalue weighted by Gasteiger charge is 2.30. The Labute approximate surface area is 198 Å². The van der Waals surface area contributed by atoms with Gasteiger partial charge in [-0.05, 0) is 42.3 Å². The lowest BCUT2D eigenvalue weighted by Gasteiger charge is -2.29. The fourth-order valence-electron chi connectivity index (χ4n) is 4.18. The highest BCUT2D eigenvalue weighted by atomic mass is 32.2. The van der Waals surface area contributed by atoms with Crippen molar-refractivity contribution in [3.63, 3.8) is 0 Å². The summed E-state index contributed by atoms with van der Waals surface area (Å²) in [6.45, 7) is 0.610. The van der Waals surface area contributed by atoms with E-state index in [2.05, 4.69) is 15.3 Å². The van der Waals surface area contributed by atoms with Crippen LogP contribution in [0, 0.1) is 0 Å². The molecule has 34 heavy (non-hydrogen) atoms. The number of methoxy groups -OCH3 is 2. The molecule has 5 rings (SSSR count). The van der Waals surface area contributed by atoms with E-state index in [1.807, 2.05) is 36.4 Å². The minimum atomic E-state index is -3.71. The predicted octanol–water partition coefficient (Wildman–Crippen LogP) is 4.14. The molecule has 9 heteroatoms. The van der Waals surface area contributed by atoms with E-state index >= 15 is 0 Å². The lowest BCUT2D eigenvalue weighted by atomic mass is 10.0. The molecule has 1 aliphatic rings. The molecule has 0 amide bonds. The number of aromatic nitrogens is 2. The highest BCUT2D eigenvalue weighted by molar-refractivity contribution is 7.89. The molecule has 1 N–H and O–H groups in total. The zero-order valence-electron chi connectivity index (χ0n) is 18.9. The Morgan fingerprint density at radius 3 is 2.62 bits per heavy atom. The molecular weight excluding hydrogens is 452 g/mol. The van der Waals surface area contributed by atoms with Crippen molar-refractivity contribution in [2.75, 3.05) is 26.1 Å². The van der Waals surface area contributed by atoms with Gasteiger partial charge in [0, 0.05) is 36.3 Å². The molecule has 0 saturated heterocycles. The van der Waals surface area contributed by atoms with E-state index in [9.17, 15) is 8.42 Å². The lowest BCUT2D eigenvalue weighted by Crippen LogP contribution is -2.36. The number of anilines is 2. The SMILES string of the molecule is COc1ccc(S(=O)(=O)N2CCc3c(ccnc3Nc3cnc4ccccc4c3)C2)cc1OC. The summed E-state index contributed by atoms with van der Waals surface area (Å²) in [6, 6.07) is 16.5. The first-order chi connectivity index (χ1) is 16.5. The number of rotatable bonds is 6. The van der Waals surface area contributed by atoms with Crippen molar-refractivity contribution >= 4 is 32.4 Å². The smallest absolute Gasteiger partial charge is 0.243 e. The number of ether oxygens (including phenoxy) is 2. The molecule has 0 unspecified atom stereocenters. The third-order valence-corrected chi connectivity index (χ3v) is 7.80. The number of nitrogens with zero attached hydrogens (tertiary/aromatic N) is 3. The number of benzene rings is 2. The standard InChI is InChI=1S/C25H24N4O4S/c1-32-23-8-7-20(14-24(23)33-2)34(30,31)29-12-10-21-18(16-29)9-11-26-25(21)28-19-13-17-5-3-4-6-22(17)27-15-19/h3-9,11,13-15H,10,12,16H2,1-2H3,(H,26,28). The van der Waals surface area contributed by atoms with Gasteiger partial charge < -0.3 is 14.8 Å². The first kappa shape index (κ1) is 22.1. The van der Waals surface area contributed by atoms with Crippen molar-refractivity contribution in [2.45, 2.75) is 17.9 Å². The topological polar surface area (TPSA) is 93.7 Å². The maximum atomic E-state index is 13.4. The summed E-state index contributed by atoms with van der Waals surface area (Å²) in [5.41, 5.74) is 3.68. The van der Waals surface area contributed by atoms with E-state index in [1.165, 1.54) is 24.6 Å². The van der Waals surface area contributed by atoms with Gasteiger partial charge in [-0.3, -0.25) is 4.98 Å². The highest BCUT2D eigenvalue weighted by Crippen LogP contribution is 2.33. The molecule has 4 aromatic rings. The second-order valence-electron chi connectivity index (χ2n) is 7.94. The quantitative estimate of drug-likeness (QED) is 0.447. The molecule has 0 fully saturated rings. The molecule has 3 heterocycles. The van der Waals surface area contributed by atoms with E-state index in [4.69, 9.17) is 9.47 Å². The number of hydrogen-bond acceptors (Lipinski definition) is 7. The Balaban J connectivity index is 1.41. The van der Waals surface area contributed by atoms with Crippen LogP contribution in [0.25, 0.3) is 10.9 Å². The molecule has 0 saturated carbocycles. The van der Waals surface area contributed by atoms with Crippen molar-refractivity contribution in [1.82, 2.24) is 14.3 Å². The zero-order valence-corrected chi connectivity index (χ0v) is 19.7. The summed E-state index contributed by atoms with van der Waals surface area (Å²) >= 11 is 0. The van der Waals surface area contributed by atoms with Crippen LogP contribution < -0.4 is 14.8 Å². The first-order valence-corrected chi connectivity index (χ1v) is 12.2. The molecular formula is C25H24N4O4S. The van der Waals surface area contributed by atoms with Crippen LogP contribution in [-0.2, 0) is 23.0 Å². The van der Waals surface area contributed by atoms with Gasteiger partial charge >= 0.3 is 0 Å². The summed E-state index contributed by atoms with van der Waals surface area (Å²) in [5.74, 6) is 1.58. The van der Waals surface area contributed by atoms with Crippen LogP contribution in [0.5, 0.6) is 11.5 Å². The number of hydrogen-bond donors (Lipinski definition) is 1. The third kappa shape index (κ3) is 4.04. The largest absolute Gasteiger partial charge is 0.493 e. The summed E-state index contributed by atoms with van der Waals surface area (Å²) in [6.07, 6.45) is 4.02. The average molecular weight is 477 g/mol. The fraction of sp³-hybridized carbons (Fsp3) is 0.200. The van der Waals surface area contributed by atoms with Crippen LogP contribution >= 0.6 is 0 Å². The van der Waals surface area contributed by atoms with Crippen molar-refractivity contribution in [3.05, 3.63) is 78.1 Å². The third-order valence-electron chi connectivity index (χ3n) is 5.96. The maximum Gasteiger partial charge on any atom is 0.243 e. The van der Waals surface area contributed by atoms with Gasteiger partial charge in [-0.25, -0.2) is 13.4 Å².